The molecule has 2 heterocycles. The van der Waals surface area contributed by atoms with Crippen molar-refractivity contribution in [3.63, 3.8) is 0 Å². The first-order valence-corrected chi connectivity index (χ1v) is 8.21. The summed E-state index contributed by atoms with van der Waals surface area (Å²) >= 11 is 0. The lowest BCUT2D eigenvalue weighted by molar-refractivity contribution is 0.340. The third-order valence-corrected chi connectivity index (χ3v) is 4.04. The highest BCUT2D eigenvalue weighted by atomic mass is 16.5. The molecule has 3 N–H and O–H groups in total. The number of benzene rings is 1. The number of aromatic amines is 1. The van der Waals surface area contributed by atoms with Gasteiger partial charge in [-0.05, 0) is 68.6 Å². The van der Waals surface area contributed by atoms with E-state index in [9.17, 15) is 0 Å². The van der Waals surface area contributed by atoms with E-state index in [2.05, 4.69) is 22.1 Å². The number of hydrogen-bond acceptors (Lipinski definition) is 3. The van der Waals surface area contributed by atoms with E-state index >= 15 is 0 Å². The lowest BCUT2D eigenvalue weighted by atomic mass is 10.0. The Bertz CT molecular complexity index is 765. The monoisotopic (exact) mass is 309 g/mol. The normalized spacial score (nSPS) is 11.0. The van der Waals surface area contributed by atoms with Crippen LogP contribution in [-0.2, 0) is 6.42 Å². The van der Waals surface area contributed by atoms with Crippen LogP contribution < -0.4 is 10.5 Å². The summed E-state index contributed by atoms with van der Waals surface area (Å²) in [6.45, 7) is 3.42. The van der Waals surface area contributed by atoms with Crippen molar-refractivity contribution in [3.8, 4) is 17.0 Å². The van der Waals surface area contributed by atoms with Crippen LogP contribution in [0.5, 0.6) is 5.75 Å². The molecule has 3 rings (SSSR count). The molecule has 0 radical (unpaired) electrons. The van der Waals surface area contributed by atoms with E-state index in [4.69, 9.17) is 10.5 Å². The van der Waals surface area contributed by atoms with E-state index in [0.717, 1.165) is 42.6 Å². The lowest BCUT2D eigenvalue weighted by Crippen LogP contribution is -1.99. The Labute approximate surface area is 136 Å². The van der Waals surface area contributed by atoms with Crippen molar-refractivity contribution in [1.82, 2.24) is 9.97 Å². The number of nitrogens with one attached hydrogen (secondary N) is 1. The third kappa shape index (κ3) is 3.37. The average molecular weight is 309 g/mol. The number of nitrogens with zero attached hydrogens (tertiary/aromatic N) is 1. The van der Waals surface area contributed by atoms with Gasteiger partial charge in [-0.1, -0.05) is 0 Å². The molecule has 0 amide bonds. The minimum Gasteiger partial charge on any atom is -0.494 e. The first-order valence-electron chi connectivity index (χ1n) is 8.21. The molecule has 3 aromatic rings. The molecule has 120 valence electrons. The highest BCUT2D eigenvalue weighted by Gasteiger charge is 2.13. The number of hydrogen-bond donors (Lipinski definition) is 2. The van der Waals surface area contributed by atoms with E-state index in [0.29, 0.717) is 6.61 Å². The maximum atomic E-state index is 5.67. The molecule has 0 saturated heterocycles. The van der Waals surface area contributed by atoms with Gasteiger partial charge in [0.15, 0.2) is 0 Å². The van der Waals surface area contributed by atoms with Gasteiger partial charge in [0, 0.05) is 34.6 Å². The van der Waals surface area contributed by atoms with E-state index in [-0.39, 0.29) is 0 Å². The molecule has 0 fully saturated rings. The van der Waals surface area contributed by atoms with Gasteiger partial charge in [0.2, 0.25) is 0 Å². The second-order valence-electron chi connectivity index (χ2n) is 5.60. The smallest absolute Gasteiger partial charge is 0.120 e. The van der Waals surface area contributed by atoms with Gasteiger partial charge in [0.25, 0.3) is 0 Å². The summed E-state index contributed by atoms with van der Waals surface area (Å²) in [5.41, 5.74) is 10.5. The zero-order valence-corrected chi connectivity index (χ0v) is 13.5. The van der Waals surface area contributed by atoms with Crippen molar-refractivity contribution in [1.29, 1.82) is 0 Å². The number of fused-ring (bicyclic) bond motifs is 1. The minimum atomic E-state index is 0.676. The number of aryl methyl sites for hydroxylation is 1. The summed E-state index contributed by atoms with van der Waals surface area (Å²) in [7, 11) is 0. The van der Waals surface area contributed by atoms with E-state index in [1.54, 1.807) is 0 Å². The Kier molecular flexibility index (Phi) is 4.93. The van der Waals surface area contributed by atoms with Crippen LogP contribution in [0.1, 0.15) is 25.3 Å². The second-order valence-corrected chi connectivity index (χ2v) is 5.60. The predicted molar refractivity (Wildman–Crippen MR) is 94.7 cm³/mol. The Hall–Kier alpha value is -2.33. The van der Waals surface area contributed by atoms with Gasteiger partial charge >= 0.3 is 0 Å². The fraction of sp³-hybridized carbons (Fsp3) is 0.316. The number of nitrogens with two attached hydrogens (primary N) is 1. The molecular formula is C19H23N3O. The zero-order valence-electron chi connectivity index (χ0n) is 13.5. The summed E-state index contributed by atoms with van der Waals surface area (Å²) in [6.07, 6.45) is 6.78. The maximum Gasteiger partial charge on any atom is 0.120 e. The van der Waals surface area contributed by atoms with E-state index in [1.807, 2.05) is 37.5 Å². The molecule has 4 nitrogen and oxygen atoms in total. The van der Waals surface area contributed by atoms with E-state index in [1.165, 1.54) is 16.6 Å². The lowest BCUT2D eigenvalue weighted by Gasteiger charge is -2.06. The Morgan fingerprint density at radius 2 is 1.96 bits per heavy atom. The van der Waals surface area contributed by atoms with Crippen LogP contribution >= 0.6 is 0 Å². The topological polar surface area (TPSA) is 63.9 Å². The molecule has 0 unspecified atom stereocenters. The highest BCUT2D eigenvalue weighted by Crippen LogP contribution is 2.33. The van der Waals surface area contributed by atoms with Crippen LogP contribution in [0.15, 0.2) is 42.7 Å². The van der Waals surface area contributed by atoms with Crippen molar-refractivity contribution in [2.24, 2.45) is 5.73 Å². The molecule has 2 aromatic heterocycles. The fourth-order valence-corrected chi connectivity index (χ4v) is 2.95. The van der Waals surface area contributed by atoms with E-state index < -0.39 is 0 Å². The van der Waals surface area contributed by atoms with Gasteiger partial charge in [0.05, 0.1) is 6.61 Å². The number of rotatable bonds is 7. The third-order valence-electron chi connectivity index (χ3n) is 4.04. The predicted octanol–water partition coefficient (Wildman–Crippen LogP) is 3.91. The average Bonchev–Trinajstić information content (AvgIpc) is 2.94. The number of unbranched alkanes of at least 4 members (excludes halogenated alkanes) is 1. The van der Waals surface area contributed by atoms with Gasteiger partial charge in [-0.3, -0.25) is 4.98 Å². The Balaban J connectivity index is 2.08. The molecule has 0 aliphatic carbocycles. The number of ether oxygens (including phenoxy) is 1. The summed E-state index contributed by atoms with van der Waals surface area (Å²) in [4.78, 5) is 7.68. The summed E-state index contributed by atoms with van der Waals surface area (Å²) < 4.78 is 5.67. The van der Waals surface area contributed by atoms with Crippen molar-refractivity contribution in [2.75, 3.05) is 13.2 Å². The standard InChI is InChI=1S/C19H23N3O/c1-2-23-15-6-7-18-17(13-15)16(5-3-4-10-20)19(22-18)14-8-11-21-12-9-14/h6-9,11-13,22H,2-5,10,20H2,1H3. The van der Waals surface area contributed by atoms with Crippen LogP contribution in [0.25, 0.3) is 22.2 Å². The van der Waals surface area contributed by atoms with Crippen LogP contribution in [0.2, 0.25) is 0 Å². The Morgan fingerprint density at radius 1 is 1.13 bits per heavy atom. The van der Waals surface area contributed by atoms with Crippen molar-refractivity contribution in [3.05, 3.63) is 48.3 Å². The second kappa shape index (κ2) is 7.29. The van der Waals surface area contributed by atoms with Gasteiger partial charge < -0.3 is 15.5 Å². The fourth-order valence-electron chi connectivity index (χ4n) is 2.95. The molecule has 4 heteroatoms. The molecule has 0 saturated carbocycles. The number of H-pyrrole nitrogens is 1. The first-order chi connectivity index (χ1) is 11.3. The first kappa shape index (κ1) is 15.6. The number of pyridine rings is 1. The largest absolute Gasteiger partial charge is 0.494 e. The SMILES string of the molecule is CCOc1ccc2[nH]c(-c3ccncc3)c(CCCCN)c2c1. The van der Waals surface area contributed by atoms with Crippen molar-refractivity contribution in [2.45, 2.75) is 26.2 Å². The summed E-state index contributed by atoms with van der Waals surface area (Å²) in [5, 5.41) is 1.24. The number of aromatic nitrogens is 2. The highest BCUT2D eigenvalue weighted by molar-refractivity contribution is 5.91. The molecule has 0 spiro atoms. The van der Waals surface area contributed by atoms with Gasteiger partial charge in [-0.2, -0.15) is 0 Å². The van der Waals surface area contributed by atoms with Crippen LogP contribution in [0.3, 0.4) is 0 Å². The van der Waals surface area contributed by atoms with Gasteiger partial charge in [-0.15, -0.1) is 0 Å². The van der Waals surface area contributed by atoms with Crippen LogP contribution in [0.4, 0.5) is 0 Å². The molecular weight excluding hydrogens is 286 g/mol. The van der Waals surface area contributed by atoms with Crippen LogP contribution in [-0.4, -0.2) is 23.1 Å². The van der Waals surface area contributed by atoms with Gasteiger partial charge in [-0.25, -0.2) is 0 Å². The zero-order chi connectivity index (χ0) is 16.1. The quantitative estimate of drug-likeness (QED) is 0.650. The molecule has 23 heavy (non-hydrogen) atoms. The van der Waals surface area contributed by atoms with Crippen LogP contribution in [0, 0.1) is 0 Å². The maximum absolute atomic E-state index is 5.67. The molecule has 0 atom stereocenters. The molecule has 0 aliphatic heterocycles. The summed E-state index contributed by atoms with van der Waals surface area (Å²) in [5.74, 6) is 0.917. The molecule has 0 aliphatic rings. The summed E-state index contributed by atoms with van der Waals surface area (Å²) in [6, 6.07) is 10.3. The van der Waals surface area contributed by atoms with Crippen molar-refractivity contribution >= 4 is 10.9 Å². The minimum absolute atomic E-state index is 0.676. The molecule has 1 aromatic carbocycles. The van der Waals surface area contributed by atoms with Gasteiger partial charge in [0.1, 0.15) is 5.75 Å². The Morgan fingerprint density at radius 3 is 2.70 bits per heavy atom. The molecule has 0 bridgehead atoms. The van der Waals surface area contributed by atoms with Crippen molar-refractivity contribution < 1.29 is 4.74 Å².